The summed E-state index contributed by atoms with van der Waals surface area (Å²) in [6.07, 6.45) is 0. The molecule has 2 amide bonds. The van der Waals surface area contributed by atoms with E-state index in [1.807, 2.05) is 32.2 Å². The maximum Gasteiger partial charge on any atom is 0.280 e. The fraction of sp³-hybridized carbons (Fsp3) is 0.529. The molecule has 1 fully saturated rings. The van der Waals surface area contributed by atoms with E-state index in [1.54, 1.807) is 22.8 Å². The van der Waals surface area contributed by atoms with Gasteiger partial charge < -0.3 is 19.4 Å². The van der Waals surface area contributed by atoms with Crippen LogP contribution in [0.5, 0.6) is 5.75 Å². The maximum atomic E-state index is 13.0. The number of benzene rings is 1. The van der Waals surface area contributed by atoms with Crippen molar-refractivity contribution in [3.8, 4) is 5.75 Å². The Labute approximate surface area is 136 Å². The van der Waals surface area contributed by atoms with Crippen LogP contribution in [0.15, 0.2) is 24.3 Å². The van der Waals surface area contributed by atoms with Gasteiger partial charge in [-0.15, -0.1) is 0 Å². The first-order valence-corrected chi connectivity index (χ1v) is 8.05. The van der Waals surface area contributed by atoms with Crippen LogP contribution >= 0.6 is 0 Å². The molecule has 0 aliphatic carbocycles. The topological polar surface area (TPSA) is 53.1 Å². The van der Waals surface area contributed by atoms with E-state index in [-0.39, 0.29) is 11.8 Å². The lowest BCUT2D eigenvalue weighted by Gasteiger charge is -2.42. The van der Waals surface area contributed by atoms with Crippen LogP contribution in [-0.2, 0) is 9.59 Å². The Hall–Kier alpha value is -2.08. The summed E-state index contributed by atoms with van der Waals surface area (Å²) in [7, 11) is 2.03. The zero-order valence-electron chi connectivity index (χ0n) is 13.9. The third-order valence-corrected chi connectivity index (χ3v) is 4.64. The molecule has 0 spiro atoms. The summed E-state index contributed by atoms with van der Waals surface area (Å²) in [6.45, 7) is 6.86. The highest BCUT2D eigenvalue weighted by Gasteiger charge is 2.52. The van der Waals surface area contributed by atoms with Crippen LogP contribution in [0.3, 0.4) is 0 Å². The van der Waals surface area contributed by atoms with Gasteiger partial charge in [-0.05, 0) is 33.0 Å². The number of ether oxygens (including phenoxy) is 1. The van der Waals surface area contributed by atoms with Crippen LogP contribution in [0.1, 0.15) is 13.8 Å². The van der Waals surface area contributed by atoms with Crippen molar-refractivity contribution < 1.29 is 14.3 Å². The average Bonchev–Trinajstić information content (AvgIpc) is 2.56. The summed E-state index contributed by atoms with van der Waals surface area (Å²) in [5, 5.41) is 0. The van der Waals surface area contributed by atoms with Gasteiger partial charge in [0.25, 0.3) is 17.4 Å². The second-order valence-electron chi connectivity index (χ2n) is 6.25. The zero-order chi connectivity index (χ0) is 16.6. The summed E-state index contributed by atoms with van der Waals surface area (Å²) in [4.78, 5) is 31.5. The lowest BCUT2D eigenvalue weighted by molar-refractivity contribution is -0.157. The minimum absolute atomic E-state index is 0.247. The molecule has 1 atom stereocenters. The molecule has 2 aliphatic heterocycles. The Morgan fingerprint density at radius 3 is 2.52 bits per heavy atom. The van der Waals surface area contributed by atoms with Gasteiger partial charge in [0.15, 0.2) is 0 Å². The van der Waals surface area contributed by atoms with Crippen LogP contribution in [0, 0.1) is 0 Å². The molecule has 1 aromatic rings. The number of amides is 2. The number of fused-ring (bicyclic) bond motifs is 1. The molecule has 2 heterocycles. The van der Waals surface area contributed by atoms with Crippen molar-refractivity contribution in [2.75, 3.05) is 44.7 Å². The Morgan fingerprint density at radius 1 is 1.22 bits per heavy atom. The number of carbonyl (C=O) groups is 2. The van der Waals surface area contributed by atoms with Crippen LogP contribution in [-0.4, -0.2) is 67.0 Å². The lowest BCUT2D eigenvalue weighted by Crippen LogP contribution is -2.64. The zero-order valence-corrected chi connectivity index (χ0v) is 13.9. The highest BCUT2D eigenvalue weighted by atomic mass is 16.5. The average molecular weight is 317 g/mol. The fourth-order valence-corrected chi connectivity index (χ4v) is 3.16. The van der Waals surface area contributed by atoms with Crippen LogP contribution in [0.25, 0.3) is 0 Å². The van der Waals surface area contributed by atoms with Gasteiger partial charge in [0.1, 0.15) is 5.75 Å². The van der Waals surface area contributed by atoms with Gasteiger partial charge in [0.2, 0.25) is 0 Å². The number of piperazine rings is 1. The number of hydrogen-bond acceptors (Lipinski definition) is 4. The van der Waals surface area contributed by atoms with E-state index in [9.17, 15) is 9.59 Å². The highest BCUT2D eigenvalue weighted by Crippen LogP contribution is 2.38. The predicted molar refractivity (Wildman–Crippen MR) is 87.6 cm³/mol. The van der Waals surface area contributed by atoms with E-state index < -0.39 is 5.60 Å². The Balaban J connectivity index is 1.92. The third kappa shape index (κ3) is 2.57. The standard InChI is InChI=1S/C17H23N3O3/c1-4-20-13-7-5-6-8-14(13)23-17(2,16(20)22)15(21)19-11-9-18(3)10-12-19/h5-8H,4,9-12H2,1-3H3. The molecule has 1 saturated heterocycles. The summed E-state index contributed by atoms with van der Waals surface area (Å²) >= 11 is 0. The molecule has 0 N–H and O–H groups in total. The number of carbonyl (C=O) groups excluding carboxylic acids is 2. The summed E-state index contributed by atoms with van der Waals surface area (Å²) in [5.41, 5.74) is -0.760. The van der Waals surface area contributed by atoms with E-state index in [4.69, 9.17) is 4.74 Å². The first-order valence-electron chi connectivity index (χ1n) is 8.05. The van der Waals surface area contributed by atoms with Gasteiger partial charge in [0, 0.05) is 32.7 Å². The van der Waals surface area contributed by atoms with Crippen LogP contribution in [0.2, 0.25) is 0 Å². The lowest BCUT2D eigenvalue weighted by atomic mass is 9.98. The van der Waals surface area contributed by atoms with Crippen molar-refractivity contribution in [1.29, 1.82) is 0 Å². The number of para-hydroxylation sites is 2. The van der Waals surface area contributed by atoms with Crippen molar-refractivity contribution >= 4 is 17.5 Å². The normalized spacial score (nSPS) is 25.1. The molecule has 0 radical (unpaired) electrons. The number of rotatable bonds is 2. The molecule has 6 nitrogen and oxygen atoms in total. The van der Waals surface area contributed by atoms with E-state index in [1.165, 1.54) is 0 Å². The fourth-order valence-electron chi connectivity index (χ4n) is 3.16. The van der Waals surface area contributed by atoms with Crippen molar-refractivity contribution in [1.82, 2.24) is 9.80 Å². The van der Waals surface area contributed by atoms with Gasteiger partial charge in [-0.3, -0.25) is 9.59 Å². The minimum Gasteiger partial charge on any atom is -0.465 e. The molecule has 0 aromatic heterocycles. The molecule has 23 heavy (non-hydrogen) atoms. The Morgan fingerprint density at radius 2 is 1.87 bits per heavy atom. The van der Waals surface area contributed by atoms with Crippen molar-refractivity contribution in [3.63, 3.8) is 0 Å². The highest BCUT2D eigenvalue weighted by molar-refractivity contribution is 6.16. The first-order chi connectivity index (χ1) is 11.0. The SMILES string of the molecule is CCN1C(=O)C(C)(C(=O)N2CCN(C)CC2)Oc2ccccc21. The summed E-state index contributed by atoms with van der Waals surface area (Å²) in [5.74, 6) is 0.0464. The number of hydrogen-bond donors (Lipinski definition) is 0. The molecular weight excluding hydrogens is 294 g/mol. The van der Waals surface area contributed by atoms with E-state index in [0.717, 1.165) is 18.8 Å². The van der Waals surface area contributed by atoms with Crippen molar-refractivity contribution in [2.24, 2.45) is 0 Å². The second-order valence-corrected chi connectivity index (χ2v) is 6.25. The monoisotopic (exact) mass is 317 g/mol. The molecule has 1 unspecified atom stereocenters. The summed E-state index contributed by atoms with van der Waals surface area (Å²) in [6, 6.07) is 7.36. The van der Waals surface area contributed by atoms with Gasteiger partial charge in [-0.1, -0.05) is 12.1 Å². The van der Waals surface area contributed by atoms with Gasteiger partial charge >= 0.3 is 0 Å². The molecule has 0 bridgehead atoms. The van der Waals surface area contributed by atoms with Gasteiger partial charge in [-0.2, -0.15) is 0 Å². The molecule has 0 saturated carbocycles. The second kappa shape index (κ2) is 5.85. The quantitative estimate of drug-likeness (QED) is 0.763. The molecule has 6 heteroatoms. The molecule has 3 rings (SSSR count). The number of nitrogens with zero attached hydrogens (tertiary/aromatic N) is 3. The largest absolute Gasteiger partial charge is 0.465 e. The maximum absolute atomic E-state index is 13.0. The Kier molecular flexibility index (Phi) is 4.02. The van der Waals surface area contributed by atoms with Gasteiger partial charge in [-0.25, -0.2) is 0 Å². The molecule has 2 aliphatic rings. The van der Waals surface area contributed by atoms with E-state index in [0.29, 0.717) is 25.4 Å². The van der Waals surface area contributed by atoms with Crippen molar-refractivity contribution in [2.45, 2.75) is 19.4 Å². The number of anilines is 1. The number of likely N-dealkylation sites (N-methyl/N-ethyl adjacent to an activating group) is 2. The van der Waals surface area contributed by atoms with Crippen molar-refractivity contribution in [3.05, 3.63) is 24.3 Å². The van der Waals surface area contributed by atoms with Crippen LogP contribution in [0.4, 0.5) is 5.69 Å². The first kappa shape index (κ1) is 15.8. The van der Waals surface area contributed by atoms with Crippen LogP contribution < -0.4 is 9.64 Å². The van der Waals surface area contributed by atoms with Gasteiger partial charge in [0.05, 0.1) is 5.69 Å². The van der Waals surface area contributed by atoms with E-state index >= 15 is 0 Å². The molecule has 124 valence electrons. The molecular formula is C17H23N3O3. The summed E-state index contributed by atoms with van der Waals surface area (Å²) < 4.78 is 5.91. The minimum atomic E-state index is -1.49. The Bertz CT molecular complexity index is 625. The van der Waals surface area contributed by atoms with E-state index in [2.05, 4.69) is 4.90 Å². The predicted octanol–water partition coefficient (Wildman–Crippen LogP) is 0.965. The smallest absolute Gasteiger partial charge is 0.280 e. The molecule has 1 aromatic carbocycles. The third-order valence-electron chi connectivity index (χ3n) is 4.64.